The summed E-state index contributed by atoms with van der Waals surface area (Å²) >= 11 is 3.23. The number of hydrogen-bond acceptors (Lipinski definition) is 4. The molecule has 8 heteroatoms. The van der Waals surface area contributed by atoms with E-state index in [-0.39, 0.29) is 4.90 Å². The van der Waals surface area contributed by atoms with Crippen LogP contribution in [0.15, 0.2) is 29.2 Å². The highest BCUT2D eigenvalue weighted by Crippen LogP contribution is 2.28. The summed E-state index contributed by atoms with van der Waals surface area (Å²) in [7, 11) is -3.69. The van der Waals surface area contributed by atoms with Gasteiger partial charge in [0.2, 0.25) is 0 Å². The lowest BCUT2D eigenvalue weighted by Gasteiger charge is -2.09. The van der Waals surface area contributed by atoms with Crippen LogP contribution in [-0.4, -0.2) is 8.42 Å². The molecule has 0 aliphatic heterocycles. The van der Waals surface area contributed by atoms with Crippen LogP contribution >= 0.6 is 33.9 Å². The highest BCUT2D eigenvalue weighted by atomic mass is 127. The molecular formula is C12H12FIN2O2S2. The molecule has 3 N–H and O–H groups in total. The quantitative estimate of drug-likeness (QED) is 0.739. The molecule has 1 aromatic heterocycles. The number of nitrogens with one attached hydrogen (secondary N) is 1. The molecule has 0 aliphatic rings. The molecule has 0 fully saturated rings. The predicted octanol–water partition coefficient (Wildman–Crippen LogP) is 3.06. The fourth-order valence-corrected chi connectivity index (χ4v) is 5.05. The maximum Gasteiger partial charge on any atom is 0.263 e. The van der Waals surface area contributed by atoms with Gasteiger partial charge >= 0.3 is 0 Å². The summed E-state index contributed by atoms with van der Waals surface area (Å²) in [5, 5.41) is 0. The first-order valence-corrected chi connectivity index (χ1v) is 8.98. The molecule has 0 radical (unpaired) electrons. The van der Waals surface area contributed by atoms with Crippen molar-refractivity contribution in [2.45, 2.75) is 18.4 Å². The van der Waals surface area contributed by atoms with Gasteiger partial charge in [0, 0.05) is 19.9 Å². The summed E-state index contributed by atoms with van der Waals surface area (Å²) in [5.74, 6) is -0.408. The Hall–Kier alpha value is -0.710. The Morgan fingerprint density at radius 2 is 2.10 bits per heavy atom. The van der Waals surface area contributed by atoms with E-state index in [0.717, 1.165) is 4.88 Å². The zero-order chi connectivity index (χ0) is 14.9. The van der Waals surface area contributed by atoms with Crippen LogP contribution in [0.2, 0.25) is 0 Å². The fraction of sp³-hybridized carbons (Fsp3) is 0.167. The third kappa shape index (κ3) is 3.30. The van der Waals surface area contributed by atoms with Crippen LogP contribution < -0.4 is 10.5 Å². The van der Waals surface area contributed by atoms with Crippen molar-refractivity contribution in [2.24, 2.45) is 5.73 Å². The van der Waals surface area contributed by atoms with Crippen molar-refractivity contribution in [3.63, 3.8) is 0 Å². The minimum atomic E-state index is -3.69. The van der Waals surface area contributed by atoms with E-state index in [9.17, 15) is 12.8 Å². The summed E-state index contributed by atoms with van der Waals surface area (Å²) in [6, 6.07) is 5.45. The van der Waals surface area contributed by atoms with Crippen molar-refractivity contribution in [1.82, 2.24) is 0 Å². The van der Waals surface area contributed by atoms with Gasteiger partial charge in [-0.2, -0.15) is 0 Å². The van der Waals surface area contributed by atoms with Crippen molar-refractivity contribution < 1.29 is 12.8 Å². The minimum absolute atomic E-state index is 0.211. The molecule has 0 spiro atoms. The van der Waals surface area contributed by atoms with E-state index in [2.05, 4.69) is 4.72 Å². The maximum atomic E-state index is 13.0. The summed E-state index contributed by atoms with van der Waals surface area (Å²) < 4.78 is 40.7. The molecule has 0 atom stereocenters. The van der Waals surface area contributed by atoms with E-state index in [1.54, 1.807) is 13.0 Å². The van der Waals surface area contributed by atoms with Crippen molar-refractivity contribution in [2.75, 3.05) is 4.72 Å². The lowest BCUT2D eigenvalue weighted by Crippen LogP contribution is -2.14. The molecule has 108 valence electrons. The average molecular weight is 426 g/mol. The van der Waals surface area contributed by atoms with Crippen molar-refractivity contribution in [3.05, 3.63) is 43.4 Å². The van der Waals surface area contributed by atoms with Crippen LogP contribution in [-0.2, 0) is 16.6 Å². The monoisotopic (exact) mass is 426 g/mol. The largest absolute Gasteiger partial charge is 0.326 e. The number of nitrogens with two attached hydrogens (primary N) is 1. The van der Waals surface area contributed by atoms with Crippen LogP contribution in [0.25, 0.3) is 0 Å². The van der Waals surface area contributed by atoms with Crippen LogP contribution in [0.5, 0.6) is 0 Å². The van der Waals surface area contributed by atoms with Gasteiger partial charge in [0.25, 0.3) is 10.0 Å². The van der Waals surface area contributed by atoms with Crippen molar-refractivity contribution >= 4 is 49.6 Å². The lowest BCUT2D eigenvalue weighted by molar-refractivity contribution is 0.600. The van der Waals surface area contributed by atoms with E-state index in [4.69, 9.17) is 5.73 Å². The zero-order valence-electron chi connectivity index (χ0n) is 10.5. The van der Waals surface area contributed by atoms with Gasteiger partial charge < -0.3 is 5.73 Å². The van der Waals surface area contributed by atoms with Crippen LogP contribution in [0.1, 0.15) is 9.75 Å². The molecule has 0 saturated carbocycles. The first kappa shape index (κ1) is 15.7. The van der Waals surface area contributed by atoms with Crippen molar-refractivity contribution in [3.8, 4) is 0 Å². The molecule has 4 nitrogen and oxygen atoms in total. The standard InChI is InChI=1S/C12H12FIN2O2S2/c1-7-12(5-9(6-15)19-7)20(17,18)16-11-3-2-8(13)4-10(11)14/h2-5,16H,6,15H2,1H3. The number of rotatable bonds is 4. The Morgan fingerprint density at radius 1 is 1.40 bits per heavy atom. The number of anilines is 1. The Balaban J connectivity index is 2.38. The van der Waals surface area contributed by atoms with Gasteiger partial charge in [0.1, 0.15) is 10.7 Å². The molecule has 2 aromatic rings. The summed E-state index contributed by atoms with van der Waals surface area (Å²) in [6.45, 7) is 2.03. The van der Waals surface area contributed by atoms with E-state index >= 15 is 0 Å². The van der Waals surface area contributed by atoms with Gasteiger partial charge in [-0.1, -0.05) is 0 Å². The number of halogens is 2. The molecule has 0 unspecified atom stereocenters. The molecule has 0 aliphatic carbocycles. The molecule has 1 aromatic carbocycles. The van der Waals surface area contributed by atoms with Gasteiger partial charge in [0.05, 0.1) is 5.69 Å². The summed E-state index contributed by atoms with van der Waals surface area (Å²) in [4.78, 5) is 1.69. The number of sulfonamides is 1. The third-order valence-corrected chi connectivity index (χ3v) is 6.18. The first-order chi connectivity index (χ1) is 9.33. The predicted molar refractivity (Wildman–Crippen MR) is 86.9 cm³/mol. The number of benzene rings is 1. The molecule has 20 heavy (non-hydrogen) atoms. The number of thiophene rings is 1. The van der Waals surface area contributed by atoms with Gasteiger partial charge in [-0.15, -0.1) is 11.3 Å². The van der Waals surface area contributed by atoms with E-state index in [1.807, 2.05) is 22.6 Å². The first-order valence-electron chi connectivity index (χ1n) is 5.60. The number of hydrogen-bond donors (Lipinski definition) is 2. The fourth-order valence-electron chi connectivity index (χ4n) is 1.66. The Bertz CT molecular complexity index is 744. The third-order valence-electron chi connectivity index (χ3n) is 2.59. The smallest absolute Gasteiger partial charge is 0.263 e. The lowest BCUT2D eigenvalue weighted by atomic mass is 10.3. The average Bonchev–Trinajstić information content (AvgIpc) is 2.75. The maximum absolute atomic E-state index is 13.0. The van der Waals surface area contributed by atoms with E-state index < -0.39 is 15.8 Å². The zero-order valence-corrected chi connectivity index (χ0v) is 14.3. The second-order valence-corrected chi connectivity index (χ2v) is 8.22. The van der Waals surface area contributed by atoms with Crippen LogP contribution in [0.3, 0.4) is 0 Å². The molecule has 1 heterocycles. The van der Waals surface area contributed by atoms with Gasteiger partial charge in [-0.25, -0.2) is 12.8 Å². The van der Waals surface area contributed by atoms with Crippen molar-refractivity contribution in [1.29, 1.82) is 0 Å². The summed E-state index contributed by atoms with van der Waals surface area (Å²) in [5.41, 5.74) is 5.87. The molecule has 0 amide bonds. The van der Waals surface area contributed by atoms with Crippen LogP contribution in [0, 0.1) is 16.3 Å². The summed E-state index contributed by atoms with van der Waals surface area (Å²) in [6.07, 6.45) is 0. The second kappa shape index (κ2) is 5.96. The normalized spacial score (nSPS) is 11.6. The van der Waals surface area contributed by atoms with E-state index in [1.165, 1.54) is 29.5 Å². The topological polar surface area (TPSA) is 72.2 Å². The highest BCUT2D eigenvalue weighted by molar-refractivity contribution is 14.1. The van der Waals surface area contributed by atoms with Gasteiger partial charge in [0.15, 0.2) is 0 Å². The Morgan fingerprint density at radius 3 is 2.65 bits per heavy atom. The second-order valence-electron chi connectivity index (χ2n) is 4.07. The van der Waals surface area contributed by atoms with E-state index in [0.29, 0.717) is 20.7 Å². The Kier molecular flexibility index (Phi) is 4.67. The molecular weight excluding hydrogens is 414 g/mol. The van der Waals surface area contributed by atoms with Gasteiger partial charge in [-0.3, -0.25) is 4.72 Å². The minimum Gasteiger partial charge on any atom is -0.326 e. The molecule has 0 bridgehead atoms. The Labute approximate surface area is 134 Å². The SMILES string of the molecule is Cc1sc(CN)cc1S(=O)(=O)Nc1ccc(F)cc1I. The van der Waals surface area contributed by atoms with Crippen LogP contribution in [0.4, 0.5) is 10.1 Å². The molecule has 0 saturated heterocycles. The molecule has 2 rings (SSSR count). The van der Waals surface area contributed by atoms with Gasteiger partial charge in [-0.05, 0) is 53.8 Å². The number of aryl methyl sites for hydroxylation is 1. The highest BCUT2D eigenvalue weighted by Gasteiger charge is 2.20.